The van der Waals surface area contributed by atoms with Gasteiger partial charge in [0.2, 0.25) is 0 Å². The predicted octanol–water partition coefficient (Wildman–Crippen LogP) is 1.78. The van der Waals surface area contributed by atoms with Gasteiger partial charge in [-0.05, 0) is 41.9 Å². The molecule has 2 heterocycles. The number of amides is 1. The maximum atomic E-state index is 12.0. The first-order valence-corrected chi connectivity index (χ1v) is 6.37. The van der Waals surface area contributed by atoms with Gasteiger partial charge in [-0.3, -0.25) is 4.79 Å². The lowest BCUT2D eigenvalue weighted by molar-refractivity contribution is 0.0931. The minimum Gasteiger partial charge on any atom is -0.347 e. The molecule has 96 valence electrons. The highest BCUT2D eigenvalue weighted by Crippen LogP contribution is 2.15. The fraction of sp³-hybridized carbons (Fsp3) is 0.545. The summed E-state index contributed by atoms with van der Waals surface area (Å²) in [7, 11) is 0. The highest BCUT2D eigenvalue weighted by atomic mass is 79.9. The quantitative estimate of drug-likeness (QED) is 0.891. The number of aromatic nitrogens is 1. The van der Waals surface area contributed by atoms with Crippen LogP contribution in [0.25, 0.3) is 0 Å². The zero-order valence-corrected chi connectivity index (χ0v) is 12.1. The second-order valence-electron chi connectivity index (χ2n) is 3.99. The zero-order valence-electron chi connectivity index (χ0n) is 9.70. The van der Waals surface area contributed by atoms with E-state index in [9.17, 15) is 4.79 Å². The summed E-state index contributed by atoms with van der Waals surface area (Å²) in [6.07, 6.45) is 2.95. The van der Waals surface area contributed by atoms with Crippen LogP contribution in [-0.4, -0.2) is 29.6 Å². The Labute approximate surface area is 116 Å². The van der Waals surface area contributed by atoms with Crippen LogP contribution in [0.4, 0.5) is 0 Å². The maximum Gasteiger partial charge on any atom is 0.268 e. The molecule has 1 unspecified atom stereocenters. The topological polar surface area (TPSA) is 46.1 Å². The maximum absolute atomic E-state index is 12.0. The van der Waals surface area contributed by atoms with Gasteiger partial charge >= 0.3 is 0 Å². The van der Waals surface area contributed by atoms with E-state index in [1.165, 1.54) is 0 Å². The molecule has 1 atom stereocenters. The van der Waals surface area contributed by atoms with Gasteiger partial charge in [-0.25, -0.2) is 0 Å². The molecule has 0 radical (unpaired) electrons. The molecule has 1 saturated heterocycles. The van der Waals surface area contributed by atoms with E-state index in [0.717, 1.165) is 36.2 Å². The average Bonchev–Trinajstić information content (AvgIpc) is 2.86. The first-order valence-electron chi connectivity index (χ1n) is 5.58. The molecule has 2 N–H and O–H groups in total. The number of hydrogen-bond donors (Lipinski definition) is 2. The van der Waals surface area contributed by atoms with E-state index in [4.69, 9.17) is 0 Å². The van der Waals surface area contributed by atoms with Crippen LogP contribution in [0.3, 0.4) is 0 Å². The molecule has 0 saturated carbocycles. The minimum atomic E-state index is 0. The van der Waals surface area contributed by atoms with Crippen molar-refractivity contribution in [3.8, 4) is 0 Å². The predicted molar refractivity (Wildman–Crippen MR) is 73.8 cm³/mol. The Kier molecular flexibility index (Phi) is 5.49. The van der Waals surface area contributed by atoms with Crippen molar-refractivity contribution in [1.82, 2.24) is 15.2 Å². The van der Waals surface area contributed by atoms with Crippen LogP contribution in [0.2, 0.25) is 0 Å². The van der Waals surface area contributed by atoms with Crippen LogP contribution >= 0.6 is 28.3 Å². The molecular weight excluding hydrogens is 305 g/mol. The van der Waals surface area contributed by atoms with Crippen molar-refractivity contribution in [1.29, 1.82) is 0 Å². The summed E-state index contributed by atoms with van der Waals surface area (Å²) >= 11 is 3.39. The Morgan fingerprint density at radius 2 is 2.47 bits per heavy atom. The largest absolute Gasteiger partial charge is 0.347 e. The third kappa shape index (κ3) is 3.47. The smallest absolute Gasteiger partial charge is 0.268 e. The van der Waals surface area contributed by atoms with Gasteiger partial charge in [-0.15, -0.1) is 12.4 Å². The summed E-state index contributed by atoms with van der Waals surface area (Å²) in [6, 6.07) is 2.13. The highest BCUT2D eigenvalue weighted by Gasteiger charge is 2.19. The standard InChI is InChI=1S/C11H16BrN3O.ClH/c1-2-15-7-8(12)5-10(15)11(16)14-9-3-4-13-6-9;/h5,7,9,13H,2-4,6H2,1H3,(H,14,16);1H. The molecule has 0 bridgehead atoms. The summed E-state index contributed by atoms with van der Waals surface area (Å²) in [5.74, 6) is 0.0150. The van der Waals surface area contributed by atoms with Crippen LogP contribution in [-0.2, 0) is 6.54 Å². The molecule has 0 spiro atoms. The number of halogens is 2. The molecule has 2 rings (SSSR count). The molecule has 4 nitrogen and oxygen atoms in total. The van der Waals surface area contributed by atoms with Gasteiger partial charge in [0.05, 0.1) is 0 Å². The highest BCUT2D eigenvalue weighted by molar-refractivity contribution is 9.10. The summed E-state index contributed by atoms with van der Waals surface area (Å²) in [5.41, 5.74) is 0.723. The number of aryl methyl sites for hydroxylation is 1. The van der Waals surface area contributed by atoms with Crippen molar-refractivity contribution in [2.45, 2.75) is 25.9 Å². The molecule has 0 aliphatic carbocycles. The molecule has 1 aromatic heterocycles. The van der Waals surface area contributed by atoms with Crippen molar-refractivity contribution < 1.29 is 4.79 Å². The number of nitrogens with zero attached hydrogens (tertiary/aromatic N) is 1. The van der Waals surface area contributed by atoms with Crippen molar-refractivity contribution in [2.24, 2.45) is 0 Å². The number of hydrogen-bond acceptors (Lipinski definition) is 2. The first kappa shape index (κ1) is 14.5. The molecule has 17 heavy (non-hydrogen) atoms. The molecular formula is C11H17BrClN3O. The van der Waals surface area contributed by atoms with Gasteiger partial charge in [0.1, 0.15) is 5.69 Å². The molecule has 1 aliphatic rings. The number of carbonyl (C=O) groups is 1. The van der Waals surface area contributed by atoms with Gasteiger partial charge in [0, 0.05) is 29.8 Å². The van der Waals surface area contributed by atoms with Crippen LogP contribution in [0.5, 0.6) is 0 Å². The van der Waals surface area contributed by atoms with Crippen molar-refractivity contribution >= 4 is 34.2 Å². The van der Waals surface area contributed by atoms with Gasteiger partial charge < -0.3 is 15.2 Å². The SMILES string of the molecule is CCn1cc(Br)cc1C(=O)NC1CCNC1.Cl. The first-order chi connectivity index (χ1) is 7.70. The van der Waals surface area contributed by atoms with Crippen molar-refractivity contribution in [3.05, 3.63) is 22.4 Å². The summed E-state index contributed by atoms with van der Waals surface area (Å²) < 4.78 is 2.89. The van der Waals surface area contributed by atoms with Crippen LogP contribution in [0, 0.1) is 0 Å². The molecule has 1 fully saturated rings. The number of rotatable bonds is 3. The summed E-state index contributed by atoms with van der Waals surface area (Å²) in [6.45, 7) is 4.70. The molecule has 6 heteroatoms. The third-order valence-corrected chi connectivity index (χ3v) is 3.27. The summed E-state index contributed by atoms with van der Waals surface area (Å²) in [4.78, 5) is 12.0. The van der Waals surface area contributed by atoms with Crippen LogP contribution in [0.1, 0.15) is 23.8 Å². The second-order valence-corrected chi connectivity index (χ2v) is 4.91. The van der Waals surface area contributed by atoms with Crippen molar-refractivity contribution in [2.75, 3.05) is 13.1 Å². The van der Waals surface area contributed by atoms with Crippen LogP contribution in [0.15, 0.2) is 16.7 Å². The Balaban J connectivity index is 0.00000144. The third-order valence-electron chi connectivity index (χ3n) is 2.83. The lowest BCUT2D eigenvalue weighted by Gasteiger charge is -2.12. The van der Waals surface area contributed by atoms with E-state index in [0.29, 0.717) is 0 Å². The lowest BCUT2D eigenvalue weighted by Crippen LogP contribution is -2.37. The van der Waals surface area contributed by atoms with Gasteiger partial charge in [0.25, 0.3) is 5.91 Å². The van der Waals surface area contributed by atoms with Crippen LogP contribution < -0.4 is 10.6 Å². The Morgan fingerprint density at radius 1 is 1.71 bits per heavy atom. The Morgan fingerprint density at radius 3 is 3.06 bits per heavy atom. The molecule has 0 aromatic carbocycles. The van der Waals surface area contributed by atoms with Crippen molar-refractivity contribution in [3.63, 3.8) is 0 Å². The number of nitrogens with one attached hydrogen (secondary N) is 2. The lowest BCUT2D eigenvalue weighted by atomic mass is 10.2. The van der Waals surface area contributed by atoms with E-state index < -0.39 is 0 Å². The molecule has 1 aliphatic heterocycles. The molecule has 1 amide bonds. The second kappa shape index (κ2) is 6.42. The minimum absolute atomic E-state index is 0. The van der Waals surface area contributed by atoms with E-state index in [2.05, 4.69) is 26.6 Å². The Hall–Kier alpha value is -0.520. The zero-order chi connectivity index (χ0) is 11.5. The average molecular weight is 323 g/mol. The summed E-state index contributed by atoms with van der Waals surface area (Å²) in [5, 5.41) is 6.27. The van der Waals surface area contributed by atoms with E-state index in [1.54, 1.807) is 0 Å². The normalized spacial score (nSPS) is 18.8. The number of carbonyl (C=O) groups excluding carboxylic acids is 1. The fourth-order valence-electron chi connectivity index (χ4n) is 1.96. The monoisotopic (exact) mass is 321 g/mol. The Bertz CT molecular complexity index is 388. The van der Waals surface area contributed by atoms with Gasteiger partial charge in [-0.1, -0.05) is 0 Å². The van der Waals surface area contributed by atoms with E-state index in [1.807, 2.05) is 23.8 Å². The van der Waals surface area contributed by atoms with Gasteiger partial charge in [-0.2, -0.15) is 0 Å². The van der Waals surface area contributed by atoms with E-state index in [-0.39, 0.29) is 24.4 Å². The molecule has 1 aromatic rings. The fourth-order valence-corrected chi connectivity index (χ4v) is 2.43. The van der Waals surface area contributed by atoms with Gasteiger partial charge in [0.15, 0.2) is 0 Å². The van der Waals surface area contributed by atoms with E-state index >= 15 is 0 Å².